The molecule has 0 bridgehead atoms. The van der Waals surface area contributed by atoms with Crippen LogP contribution in [0.5, 0.6) is 0 Å². The lowest BCUT2D eigenvalue weighted by molar-refractivity contribution is 0.408. The molecule has 1 aliphatic rings. The molecule has 7 heteroatoms. The fourth-order valence-electron chi connectivity index (χ4n) is 2.20. The monoisotopic (exact) mass is 366 g/mol. The third-order valence-electron chi connectivity index (χ3n) is 3.30. The van der Waals surface area contributed by atoms with Gasteiger partial charge in [-0.25, -0.2) is 8.42 Å². The summed E-state index contributed by atoms with van der Waals surface area (Å²) < 4.78 is 27.0. The Bertz CT molecular complexity index is 510. The predicted octanol–water partition coefficient (Wildman–Crippen LogP) is 2.41. The SMILES string of the molecule is CN(Cc1cc(Br)cs1)S(=O)(=O)CC1CCCCN1. The van der Waals surface area contributed by atoms with E-state index in [-0.39, 0.29) is 11.8 Å². The number of piperidine rings is 1. The summed E-state index contributed by atoms with van der Waals surface area (Å²) in [7, 11) is -1.53. The van der Waals surface area contributed by atoms with Crippen LogP contribution in [0.15, 0.2) is 15.9 Å². The second kappa shape index (κ2) is 6.67. The lowest BCUT2D eigenvalue weighted by Crippen LogP contribution is -2.42. The van der Waals surface area contributed by atoms with Crippen molar-refractivity contribution in [2.45, 2.75) is 31.8 Å². The lowest BCUT2D eigenvalue weighted by atomic mass is 10.1. The largest absolute Gasteiger partial charge is 0.313 e. The van der Waals surface area contributed by atoms with Crippen molar-refractivity contribution < 1.29 is 8.42 Å². The van der Waals surface area contributed by atoms with Gasteiger partial charge in [-0.05, 0) is 41.4 Å². The van der Waals surface area contributed by atoms with Gasteiger partial charge in [0.15, 0.2) is 0 Å². The van der Waals surface area contributed by atoms with Crippen LogP contribution in [0.1, 0.15) is 24.1 Å². The molecule has 0 aliphatic carbocycles. The Kier molecular flexibility index (Phi) is 5.42. The average molecular weight is 367 g/mol. The predicted molar refractivity (Wildman–Crippen MR) is 82.9 cm³/mol. The first-order chi connectivity index (χ1) is 8.97. The highest BCUT2D eigenvalue weighted by Gasteiger charge is 2.24. The Hall–Kier alpha value is 0.0500. The average Bonchev–Trinajstić information content (AvgIpc) is 2.75. The van der Waals surface area contributed by atoms with Crippen molar-refractivity contribution in [2.75, 3.05) is 19.3 Å². The summed E-state index contributed by atoms with van der Waals surface area (Å²) in [6.45, 7) is 1.38. The molecule has 2 heterocycles. The Labute approximate surface area is 127 Å². The molecule has 1 unspecified atom stereocenters. The maximum absolute atomic E-state index is 12.3. The highest BCUT2D eigenvalue weighted by molar-refractivity contribution is 9.10. The summed E-state index contributed by atoms with van der Waals surface area (Å²) in [6.07, 6.45) is 3.22. The maximum atomic E-state index is 12.3. The standard InChI is InChI=1S/C12H19BrN2O2S2/c1-15(7-12-6-10(13)8-18-12)19(16,17)9-11-4-2-3-5-14-11/h6,8,11,14H,2-5,7,9H2,1H3. The van der Waals surface area contributed by atoms with Crippen molar-refractivity contribution in [3.8, 4) is 0 Å². The summed E-state index contributed by atoms with van der Waals surface area (Å²) in [4.78, 5) is 1.05. The molecule has 4 nitrogen and oxygen atoms in total. The smallest absolute Gasteiger partial charge is 0.215 e. The van der Waals surface area contributed by atoms with E-state index in [2.05, 4.69) is 21.2 Å². The molecule has 1 N–H and O–H groups in total. The quantitative estimate of drug-likeness (QED) is 0.870. The second-order valence-corrected chi connectivity index (χ2v) is 8.94. The van der Waals surface area contributed by atoms with E-state index < -0.39 is 10.0 Å². The molecular weight excluding hydrogens is 348 g/mol. The maximum Gasteiger partial charge on any atom is 0.215 e. The van der Waals surface area contributed by atoms with Gasteiger partial charge in [0.1, 0.15) is 0 Å². The lowest BCUT2D eigenvalue weighted by Gasteiger charge is -2.25. The van der Waals surface area contributed by atoms with E-state index in [0.717, 1.165) is 35.2 Å². The molecule has 1 aromatic rings. The minimum absolute atomic E-state index is 0.108. The number of hydrogen-bond donors (Lipinski definition) is 1. The van der Waals surface area contributed by atoms with Crippen LogP contribution in [0.4, 0.5) is 0 Å². The molecule has 0 radical (unpaired) electrons. The van der Waals surface area contributed by atoms with Crippen LogP contribution >= 0.6 is 27.3 Å². The summed E-state index contributed by atoms with van der Waals surface area (Å²) in [6, 6.07) is 2.08. The summed E-state index contributed by atoms with van der Waals surface area (Å²) in [5.74, 6) is 0.204. The molecule has 108 valence electrons. The number of nitrogens with zero attached hydrogens (tertiary/aromatic N) is 1. The third kappa shape index (κ3) is 4.53. The highest BCUT2D eigenvalue weighted by Crippen LogP contribution is 2.22. The van der Waals surface area contributed by atoms with E-state index in [1.165, 1.54) is 4.31 Å². The highest BCUT2D eigenvalue weighted by atomic mass is 79.9. The van der Waals surface area contributed by atoms with Crippen LogP contribution < -0.4 is 5.32 Å². The van der Waals surface area contributed by atoms with Gasteiger partial charge in [-0.1, -0.05) is 6.42 Å². The number of sulfonamides is 1. The van der Waals surface area contributed by atoms with Gasteiger partial charge in [-0.2, -0.15) is 4.31 Å². The summed E-state index contributed by atoms with van der Waals surface area (Å²) in [5, 5.41) is 5.26. The topological polar surface area (TPSA) is 49.4 Å². The molecule has 2 rings (SSSR count). The Morgan fingerprint density at radius 2 is 2.32 bits per heavy atom. The zero-order valence-electron chi connectivity index (χ0n) is 10.9. The van der Waals surface area contributed by atoms with Crippen molar-refractivity contribution in [1.82, 2.24) is 9.62 Å². The van der Waals surface area contributed by atoms with Gasteiger partial charge in [-0.3, -0.25) is 0 Å². The van der Waals surface area contributed by atoms with Crippen molar-refractivity contribution in [3.05, 3.63) is 20.8 Å². The number of rotatable bonds is 5. The molecule has 19 heavy (non-hydrogen) atoms. The van der Waals surface area contributed by atoms with Crippen LogP contribution in [0.3, 0.4) is 0 Å². The molecule has 1 atom stereocenters. The van der Waals surface area contributed by atoms with Gasteiger partial charge in [0.25, 0.3) is 0 Å². The first kappa shape index (κ1) is 15.4. The fourth-order valence-corrected chi connectivity index (χ4v) is 5.17. The molecule has 1 saturated heterocycles. The van der Waals surface area contributed by atoms with Crippen molar-refractivity contribution in [1.29, 1.82) is 0 Å². The van der Waals surface area contributed by atoms with E-state index in [1.807, 2.05) is 11.4 Å². The first-order valence-corrected chi connectivity index (χ1v) is 9.66. The van der Waals surface area contributed by atoms with E-state index in [0.29, 0.717) is 6.54 Å². The summed E-state index contributed by atoms with van der Waals surface area (Å²) in [5.41, 5.74) is 0. The van der Waals surface area contributed by atoms with Gasteiger partial charge in [0.05, 0.1) is 5.75 Å². The van der Waals surface area contributed by atoms with Crippen LogP contribution in [-0.2, 0) is 16.6 Å². The molecule has 0 aromatic carbocycles. The third-order valence-corrected chi connectivity index (χ3v) is 6.88. The number of hydrogen-bond acceptors (Lipinski definition) is 4. The van der Waals surface area contributed by atoms with Crippen LogP contribution in [0.25, 0.3) is 0 Å². The Morgan fingerprint density at radius 1 is 1.53 bits per heavy atom. The zero-order valence-corrected chi connectivity index (χ0v) is 14.2. The fraction of sp³-hybridized carbons (Fsp3) is 0.667. The van der Waals surface area contributed by atoms with Gasteiger partial charge < -0.3 is 5.32 Å². The molecule has 1 aliphatic heterocycles. The normalized spacial score (nSPS) is 20.9. The second-order valence-electron chi connectivity index (χ2n) is 4.91. The van der Waals surface area contributed by atoms with Gasteiger partial charge in [0.2, 0.25) is 10.0 Å². The molecule has 0 amide bonds. The van der Waals surface area contributed by atoms with Crippen molar-refractivity contribution in [3.63, 3.8) is 0 Å². The number of nitrogens with one attached hydrogen (secondary N) is 1. The van der Waals surface area contributed by atoms with Crippen LogP contribution in [0.2, 0.25) is 0 Å². The number of halogens is 1. The minimum Gasteiger partial charge on any atom is -0.313 e. The summed E-state index contributed by atoms with van der Waals surface area (Å²) >= 11 is 4.96. The van der Waals surface area contributed by atoms with Crippen LogP contribution in [0, 0.1) is 0 Å². The van der Waals surface area contributed by atoms with Gasteiger partial charge in [0, 0.05) is 34.4 Å². The molecular formula is C12H19BrN2O2S2. The van der Waals surface area contributed by atoms with Gasteiger partial charge in [-0.15, -0.1) is 11.3 Å². The van der Waals surface area contributed by atoms with E-state index in [4.69, 9.17) is 0 Å². The van der Waals surface area contributed by atoms with Gasteiger partial charge >= 0.3 is 0 Å². The van der Waals surface area contributed by atoms with E-state index in [9.17, 15) is 8.42 Å². The Balaban J connectivity index is 1.94. The molecule has 0 spiro atoms. The van der Waals surface area contributed by atoms with Crippen molar-refractivity contribution in [2.24, 2.45) is 0 Å². The Morgan fingerprint density at radius 3 is 2.89 bits per heavy atom. The van der Waals surface area contributed by atoms with E-state index in [1.54, 1.807) is 18.4 Å². The zero-order chi connectivity index (χ0) is 13.9. The molecule has 1 aromatic heterocycles. The number of thiophene rings is 1. The van der Waals surface area contributed by atoms with Crippen molar-refractivity contribution >= 4 is 37.3 Å². The molecule has 0 saturated carbocycles. The first-order valence-electron chi connectivity index (χ1n) is 6.38. The molecule has 1 fully saturated rings. The minimum atomic E-state index is -3.19. The van der Waals surface area contributed by atoms with E-state index >= 15 is 0 Å². The van der Waals surface area contributed by atoms with Crippen LogP contribution in [-0.4, -0.2) is 38.1 Å².